The minimum Gasteiger partial charge on any atom is -0.475 e. The summed E-state index contributed by atoms with van der Waals surface area (Å²) in [6.07, 6.45) is 0.658. The van der Waals surface area contributed by atoms with Crippen molar-refractivity contribution < 1.29 is 14.3 Å². The highest BCUT2D eigenvalue weighted by molar-refractivity contribution is 7.09. The van der Waals surface area contributed by atoms with Gasteiger partial charge in [0.25, 0.3) is 0 Å². The van der Waals surface area contributed by atoms with E-state index in [4.69, 9.17) is 9.52 Å². The number of furan rings is 1. The zero-order chi connectivity index (χ0) is 9.97. The van der Waals surface area contributed by atoms with Crippen molar-refractivity contribution in [1.82, 2.24) is 0 Å². The summed E-state index contributed by atoms with van der Waals surface area (Å²) in [5, 5.41) is 10.6. The number of aromatic carboxylic acids is 1. The summed E-state index contributed by atoms with van der Waals surface area (Å²) in [7, 11) is 0. The van der Waals surface area contributed by atoms with Gasteiger partial charge in [0.15, 0.2) is 0 Å². The van der Waals surface area contributed by atoms with Gasteiger partial charge in [-0.05, 0) is 23.6 Å². The highest BCUT2D eigenvalue weighted by atomic mass is 32.1. The molecule has 0 fully saturated rings. The number of carbonyl (C=O) groups is 1. The molecular formula is C10H8O3S. The fourth-order valence-corrected chi connectivity index (χ4v) is 1.89. The van der Waals surface area contributed by atoms with Crippen molar-refractivity contribution in [2.24, 2.45) is 0 Å². The molecule has 0 aliphatic heterocycles. The molecule has 0 radical (unpaired) electrons. The van der Waals surface area contributed by atoms with E-state index in [9.17, 15) is 4.79 Å². The van der Waals surface area contributed by atoms with E-state index in [1.807, 2.05) is 17.5 Å². The van der Waals surface area contributed by atoms with Crippen LogP contribution < -0.4 is 0 Å². The van der Waals surface area contributed by atoms with Gasteiger partial charge in [0.1, 0.15) is 5.76 Å². The van der Waals surface area contributed by atoms with E-state index in [0.717, 1.165) is 4.88 Å². The lowest BCUT2D eigenvalue weighted by atomic mass is 10.3. The van der Waals surface area contributed by atoms with Crippen LogP contribution in [0.5, 0.6) is 0 Å². The Morgan fingerprint density at radius 3 is 2.86 bits per heavy atom. The van der Waals surface area contributed by atoms with Gasteiger partial charge in [-0.2, -0.15) is 0 Å². The molecule has 0 spiro atoms. The molecule has 0 bridgehead atoms. The standard InChI is InChI=1S/C10H8O3S/c11-10(12)9-4-3-7(13-9)6-8-2-1-5-14-8/h1-5H,6H2,(H,11,12). The van der Waals surface area contributed by atoms with Crippen molar-refractivity contribution >= 4 is 17.3 Å². The third-order valence-corrected chi connectivity index (χ3v) is 2.68. The van der Waals surface area contributed by atoms with Gasteiger partial charge >= 0.3 is 5.97 Å². The van der Waals surface area contributed by atoms with E-state index in [0.29, 0.717) is 12.2 Å². The molecule has 0 amide bonds. The summed E-state index contributed by atoms with van der Waals surface area (Å²) >= 11 is 1.63. The van der Waals surface area contributed by atoms with Crippen LogP contribution in [-0.2, 0) is 6.42 Å². The summed E-state index contributed by atoms with van der Waals surface area (Å²) in [5.41, 5.74) is 0. The second-order valence-electron chi connectivity index (χ2n) is 2.83. The van der Waals surface area contributed by atoms with E-state index in [1.165, 1.54) is 6.07 Å². The summed E-state index contributed by atoms with van der Waals surface area (Å²) in [5.74, 6) is -0.344. The van der Waals surface area contributed by atoms with Gasteiger partial charge in [-0.3, -0.25) is 0 Å². The molecule has 0 aliphatic carbocycles. The van der Waals surface area contributed by atoms with E-state index >= 15 is 0 Å². The Morgan fingerprint density at radius 1 is 1.43 bits per heavy atom. The number of hydrogen-bond donors (Lipinski definition) is 1. The molecule has 0 atom stereocenters. The number of hydrogen-bond acceptors (Lipinski definition) is 3. The first-order valence-electron chi connectivity index (χ1n) is 4.10. The van der Waals surface area contributed by atoms with Crippen LogP contribution in [0.1, 0.15) is 21.2 Å². The van der Waals surface area contributed by atoms with Crippen LogP contribution in [0, 0.1) is 0 Å². The third-order valence-electron chi connectivity index (χ3n) is 1.80. The van der Waals surface area contributed by atoms with Gasteiger partial charge in [-0.15, -0.1) is 11.3 Å². The third kappa shape index (κ3) is 1.85. The van der Waals surface area contributed by atoms with Crippen molar-refractivity contribution in [2.45, 2.75) is 6.42 Å². The van der Waals surface area contributed by atoms with Crippen molar-refractivity contribution in [1.29, 1.82) is 0 Å². The molecule has 72 valence electrons. The Morgan fingerprint density at radius 2 is 2.29 bits per heavy atom. The Kier molecular flexibility index (Phi) is 2.37. The average Bonchev–Trinajstić information content (AvgIpc) is 2.75. The van der Waals surface area contributed by atoms with Gasteiger partial charge < -0.3 is 9.52 Å². The average molecular weight is 208 g/mol. The van der Waals surface area contributed by atoms with E-state index in [1.54, 1.807) is 17.4 Å². The van der Waals surface area contributed by atoms with Crippen molar-refractivity contribution in [3.63, 3.8) is 0 Å². The SMILES string of the molecule is O=C(O)c1ccc(Cc2cccs2)o1. The lowest BCUT2D eigenvalue weighted by molar-refractivity contribution is 0.0660. The molecule has 0 aliphatic rings. The Bertz CT molecular complexity index is 428. The van der Waals surface area contributed by atoms with Crippen LogP contribution in [0.25, 0.3) is 0 Å². The zero-order valence-corrected chi connectivity index (χ0v) is 8.08. The van der Waals surface area contributed by atoms with Gasteiger partial charge in [0, 0.05) is 11.3 Å². The normalized spacial score (nSPS) is 10.3. The molecule has 4 heteroatoms. The lowest BCUT2D eigenvalue weighted by Crippen LogP contribution is -1.91. The van der Waals surface area contributed by atoms with Crippen LogP contribution in [0.4, 0.5) is 0 Å². The fourth-order valence-electron chi connectivity index (χ4n) is 1.17. The maximum absolute atomic E-state index is 10.5. The van der Waals surface area contributed by atoms with Gasteiger partial charge in [-0.1, -0.05) is 6.07 Å². The van der Waals surface area contributed by atoms with Crippen LogP contribution in [0.2, 0.25) is 0 Å². The molecule has 2 aromatic rings. The number of rotatable bonds is 3. The smallest absolute Gasteiger partial charge is 0.371 e. The summed E-state index contributed by atoms with van der Waals surface area (Å²) in [4.78, 5) is 11.7. The number of carboxylic acids is 1. The van der Waals surface area contributed by atoms with Gasteiger partial charge in [0.2, 0.25) is 5.76 Å². The summed E-state index contributed by atoms with van der Waals surface area (Å²) in [6, 6.07) is 7.13. The van der Waals surface area contributed by atoms with Crippen LogP contribution in [0.15, 0.2) is 34.1 Å². The molecule has 2 aromatic heterocycles. The monoisotopic (exact) mass is 208 g/mol. The second-order valence-corrected chi connectivity index (χ2v) is 3.86. The highest BCUT2D eigenvalue weighted by Crippen LogP contribution is 2.16. The first-order valence-corrected chi connectivity index (χ1v) is 4.98. The predicted molar refractivity (Wildman–Crippen MR) is 52.8 cm³/mol. The van der Waals surface area contributed by atoms with Crippen molar-refractivity contribution in [3.05, 3.63) is 46.0 Å². The largest absolute Gasteiger partial charge is 0.475 e. The molecular weight excluding hydrogens is 200 g/mol. The fraction of sp³-hybridized carbons (Fsp3) is 0.100. The molecule has 2 heterocycles. The first kappa shape index (κ1) is 9.02. The maximum atomic E-state index is 10.5. The molecule has 0 unspecified atom stereocenters. The zero-order valence-electron chi connectivity index (χ0n) is 7.27. The lowest BCUT2D eigenvalue weighted by Gasteiger charge is -1.91. The summed E-state index contributed by atoms with van der Waals surface area (Å²) < 4.78 is 5.13. The molecule has 14 heavy (non-hydrogen) atoms. The Labute approximate surface area is 84.6 Å². The first-order chi connectivity index (χ1) is 6.75. The topological polar surface area (TPSA) is 50.4 Å². The second kappa shape index (κ2) is 3.67. The molecule has 1 N–H and O–H groups in total. The Balaban J connectivity index is 2.14. The summed E-state index contributed by atoms with van der Waals surface area (Å²) in [6.45, 7) is 0. The van der Waals surface area contributed by atoms with E-state index in [-0.39, 0.29) is 5.76 Å². The van der Waals surface area contributed by atoms with Gasteiger partial charge in [0.05, 0.1) is 0 Å². The number of thiophene rings is 1. The maximum Gasteiger partial charge on any atom is 0.371 e. The molecule has 3 nitrogen and oxygen atoms in total. The van der Waals surface area contributed by atoms with E-state index < -0.39 is 5.97 Å². The molecule has 2 rings (SSSR count). The van der Waals surface area contributed by atoms with Crippen LogP contribution in [0.3, 0.4) is 0 Å². The van der Waals surface area contributed by atoms with Crippen molar-refractivity contribution in [3.8, 4) is 0 Å². The Hall–Kier alpha value is -1.55. The van der Waals surface area contributed by atoms with Gasteiger partial charge in [-0.25, -0.2) is 4.79 Å². The minimum atomic E-state index is -1.03. The molecule has 0 saturated carbocycles. The predicted octanol–water partition coefficient (Wildman–Crippen LogP) is 2.63. The quantitative estimate of drug-likeness (QED) is 0.843. The molecule has 0 aromatic carbocycles. The van der Waals surface area contributed by atoms with Crippen molar-refractivity contribution in [2.75, 3.05) is 0 Å². The number of carboxylic acid groups (broad SMARTS) is 1. The van der Waals surface area contributed by atoms with Crippen LogP contribution in [-0.4, -0.2) is 11.1 Å². The van der Waals surface area contributed by atoms with E-state index in [2.05, 4.69) is 0 Å². The highest BCUT2D eigenvalue weighted by Gasteiger charge is 2.09. The molecule has 0 saturated heterocycles. The minimum absolute atomic E-state index is 0.00319. The van der Waals surface area contributed by atoms with Crippen LogP contribution >= 0.6 is 11.3 Å².